The van der Waals surface area contributed by atoms with Gasteiger partial charge in [0.05, 0.1) is 24.9 Å². The second-order valence-corrected chi connectivity index (χ2v) is 5.46. The molecule has 1 aromatic carbocycles. The lowest BCUT2D eigenvalue weighted by atomic mass is 10.1. The summed E-state index contributed by atoms with van der Waals surface area (Å²) in [6, 6.07) is 3.27. The largest absolute Gasteiger partial charge is 0.493 e. The Labute approximate surface area is 88.7 Å². The maximum Gasteiger partial charge on any atom is 0.179 e. The average Bonchev–Trinajstić information content (AvgIpc) is 2.52. The highest BCUT2D eigenvalue weighted by molar-refractivity contribution is 7.91. The molecule has 4 nitrogen and oxygen atoms in total. The molecular weight excluding hydrogens is 216 g/mol. The minimum absolute atomic E-state index is 0.179. The molecule has 0 amide bonds. The minimum Gasteiger partial charge on any atom is -0.493 e. The SMILES string of the molecule is COc1cc2c(cc1OC)S(=O)(=O)CC2. The van der Waals surface area contributed by atoms with E-state index >= 15 is 0 Å². The molecule has 0 saturated carbocycles. The van der Waals surface area contributed by atoms with Crippen LogP contribution in [0.3, 0.4) is 0 Å². The van der Waals surface area contributed by atoms with Crippen LogP contribution in [0.15, 0.2) is 17.0 Å². The van der Waals surface area contributed by atoms with Crippen LogP contribution < -0.4 is 9.47 Å². The fourth-order valence-corrected chi connectivity index (χ4v) is 3.30. The van der Waals surface area contributed by atoms with Gasteiger partial charge < -0.3 is 9.47 Å². The summed E-state index contributed by atoms with van der Waals surface area (Å²) in [5.41, 5.74) is 0.813. The molecule has 0 aliphatic carbocycles. The van der Waals surface area contributed by atoms with E-state index in [9.17, 15) is 8.42 Å². The first-order valence-electron chi connectivity index (χ1n) is 4.56. The normalized spacial score (nSPS) is 17.2. The monoisotopic (exact) mass is 228 g/mol. The van der Waals surface area contributed by atoms with E-state index in [0.717, 1.165) is 5.56 Å². The molecule has 82 valence electrons. The summed E-state index contributed by atoms with van der Waals surface area (Å²) < 4.78 is 33.4. The van der Waals surface area contributed by atoms with Crippen LogP contribution in [0.2, 0.25) is 0 Å². The Hall–Kier alpha value is -1.23. The van der Waals surface area contributed by atoms with E-state index in [1.54, 1.807) is 6.07 Å². The topological polar surface area (TPSA) is 52.6 Å². The lowest BCUT2D eigenvalue weighted by Crippen LogP contribution is -1.99. The highest BCUT2D eigenvalue weighted by Gasteiger charge is 2.28. The second kappa shape index (κ2) is 3.41. The van der Waals surface area contributed by atoms with E-state index < -0.39 is 9.84 Å². The minimum atomic E-state index is -3.10. The Morgan fingerprint density at radius 2 is 1.73 bits per heavy atom. The van der Waals surface area contributed by atoms with Crippen LogP contribution in [-0.4, -0.2) is 28.4 Å². The molecule has 0 N–H and O–H groups in total. The quantitative estimate of drug-likeness (QED) is 0.758. The van der Waals surface area contributed by atoms with Crippen molar-refractivity contribution in [2.45, 2.75) is 11.3 Å². The molecule has 0 saturated heterocycles. The first-order chi connectivity index (χ1) is 7.08. The molecule has 0 atom stereocenters. The van der Waals surface area contributed by atoms with Gasteiger partial charge in [0.2, 0.25) is 0 Å². The van der Waals surface area contributed by atoms with E-state index in [4.69, 9.17) is 9.47 Å². The summed E-state index contributed by atoms with van der Waals surface area (Å²) in [5.74, 6) is 1.22. The summed E-state index contributed by atoms with van der Waals surface area (Å²) in [6.07, 6.45) is 0.554. The molecule has 1 heterocycles. The highest BCUT2D eigenvalue weighted by atomic mass is 32.2. The summed E-state index contributed by atoms with van der Waals surface area (Å²) in [5, 5.41) is 0. The maximum atomic E-state index is 11.6. The molecule has 2 rings (SSSR count). The fourth-order valence-electron chi connectivity index (χ4n) is 1.74. The van der Waals surface area contributed by atoms with Crippen molar-refractivity contribution in [3.8, 4) is 11.5 Å². The van der Waals surface area contributed by atoms with Crippen molar-refractivity contribution in [3.63, 3.8) is 0 Å². The van der Waals surface area contributed by atoms with Gasteiger partial charge in [-0.25, -0.2) is 8.42 Å². The number of hydrogen-bond donors (Lipinski definition) is 0. The second-order valence-electron chi connectivity index (χ2n) is 3.38. The third kappa shape index (κ3) is 1.56. The lowest BCUT2D eigenvalue weighted by Gasteiger charge is -2.09. The molecule has 0 unspecified atom stereocenters. The molecular formula is C10H12O4S. The van der Waals surface area contributed by atoms with E-state index in [2.05, 4.69) is 0 Å². The number of rotatable bonds is 2. The zero-order valence-electron chi connectivity index (χ0n) is 8.61. The number of benzene rings is 1. The van der Waals surface area contributed by atoms with Crippen LogP contribution >= 0.6 is 0 Å². The number of sulfone groups is 1. The van der Waals surface area contributed by atoms with Gasteiger partial charge in [-0.3, -0.25) is 0 Å². The number of methoxy groups -OCH3 is 2. The van der Waals surface area contributed by atoms with Gasteiger partial charge in [-0.1, -0.05) is 0 Å². The molecule has 15 heavy (non-hydrogen) atoms. The summed E-state index contributed by atoms with van der Waals surface area (Å²) >= 11 is 0. The van der Waals surface area contributed by atoms with Gasteiger partial charge in [0, 0.05) is 6.07 Å². The summed E-state index contributed by atoms with van der Waals surface area (Å²) in [7, 11) is -0.0714. The molecule has 1 aliphatic heterocycles. The highest BCUT2D eigenvalue weighted by Crippen LogP contribution is 2.36. The Kier molecular flexibility index (Phi) is 2.34. The van der Waals surface area contributed by atoms with Crippen LogP contribution in [0.25, 0.3) is 0 Å². The van der Waals surface area contributed by atoms with Gasteiger partial charge in [-0.15, -0.1) is 0 Å². The third-order valence-electron chi connectivity index (χ3n) is 2.54. The molecule has 0 bridgehead atoms. The molecule has 1 aromatic rings. The van der Waals surface area contributed by atoms with E-state index in [1.165, 1.54) is 20.3 Å². The van der Waals surface area contributed by atoms with Crippen molar-refractivity contribution in [1.29, 1.82) is 0 Å². The van der Waals surface area contributed by atoms with Crippen LogP contribution in [-0.2, 0) is 16.3 Å². The predicted octanol–water partition coefficient (Wildman–Crippen LogP) is 1.03. The zero-order valence-corrected chi connectivity index (χ0v) is 9.43. The van der Waals surface area contributed by atoms with Crippen molar-refractivity contribution in [2.75, 3.05) is 20.0 Å². The van der Waals surface area contributed by atoms with Crippen LogP contribution in [0, 0.1) is 0 Å². The molecule has 5 heteroatoms. The molecule has 0 aromatic heterocycles. The number of hydrogen-bond acceptors (Lipinski definition) is 4. The van der Waals surface area contributed by atoms with Crippen LogP contribution in [0.5, 0.6) is 11.5 Å². The van der Waals surface area contributed by atoms with Crippen LogP contribution in [0.1, 0.15) is 5.56 Å². The van der Waals surface area contributed by atoms with Gasteiger partial charge in [-0.05, 0) is 18.1 Å². The van der Waals surface area contributed by atoms with Crippen molar-refractivity contribution < 1.29 is 17.9 Å². The zero-order chi connectivity index (χ0) is 11.1. The summed E-state index contributed by atoms with van der Waals surface area (Å²) in [6.45, 7) is 0. The van der Waals surface area contributed by atoms with Crippen molar-refractivity contribution in [1.82, 2.24) is 0 Å². The van der Waals surface area contributed by atoms with Gasteiger partial charge in [0.1, 0.15) is 0 Å². The van der Waals surface area contributed by atoms with E-state index in [1.807, 2.05) is 0 Å². The molecule has 0 radical (unpaired) electrons. The first kappa shape index (κ1) is 10.3. The van der Waals surface area contributed by atoms with E-state index in [-0.39, 0.29) is 5.75 Å². The van der Waals surface area contributed by atoms with Crippen molar-refractivity contribution in [2.24, 2.45) is 0 Å². The molecule has 0 spiro atoms. The molecule has 1 aliphatic rings. The van der Waals surface area contributed by atoms with Gasteiger partial charge in [-0.2, -0.15) is 0 Å². The van der Waals surface area contributed by atoms with Crippen molar-refractivity contribution >= 4 is 9.84 Å². The lowest BCUT2D eigenvalue weighted by molar-refractivity contribution is 0.353. The fraction of sp³-hybridized carbons (Fsp3) is 0.400. The Morgan fingerprint density at radius 1 is 1.13 bits per heavy atom. The smallest absolute Gasteiger partial charge is 0.179 e. The van der Waals surface area contributed by atoms with Crippen LogP contribution in [0.4, 0.5) is 0 Å². The number of fused-ring (bicyclic) bond motifs is 1. The molecule has 0 fully saturated rings. The van der Waals surface area contributed by atoms with Gasteiger partial charge in [0.25, 0.3) is 0 Å². The van der Waals surface area contributed by atoms with Gasteiger partial charge in [0.15, 0.2) is 21.3 Å². The number of aryl methyl sites for hydroxylation is 1. The summed E-state index contributed by atoms with van der Waals surface area (Å²) in [4.78, 5) is 0.375. The first-order valence-corrected chi connectivity index (χ1v) is 6.21. The Bertz CT molecular complexity index is 490. The van der Waals surface area contributed by atoms with Gasteiger partial charge >= 0.3 is 0 Å². The Balaban J connectivity index is 2.65. The predicted molar refractivity (Wildman–Crippen MR) is 55.3 cm³/mol. The average molecular weight is 228 g/mol. The number of ether oxygens (including phenoxy) is 2. The van der Waals surface area contributed by atoms with E-state index in [0.29, 0.717) is 22.8 Å². The Morgan fingerprint density at radius 3 is 2.33 bits per heavy atom. The van der Waals surface area contributed by atoms with Crippen molar-refractivity contribution in [3.05, 3.63) is 17.7 Å². The third-order valence-corrected chi connectivity index (χ3v) is 4.33. The standard InChI is InChI=1S/C10H12O4S/c1-13-8-5-7-3-4-15(11,12)10(7)6-9(8)14-2/h5-6H,3-4H2,1-2H3. The maximum absolute atomic E-state index is 11.6.